The molecule has 1 aliphatic heterocycles. The second-order valence-electron chi connectivity index (χ2n) is 4.76. The third-order valence-corrected chi connectivity index (χ3v) is 3.64. The number of nitrogens with zero attached hydrogens (tertiary/aromatic N) is 4. The van der Waals surface area contributed by atoms with Gasteiger partial charge in [-0.3, -0.25) is 9.59 Å². The highest BCUT2D eigenvalue weighted by Crippen LogP contribution is 2.23. The third-order valence-electron chi connectivity index (χ3n) is 3.35. The molecule has 0 spiro atoms. The molecule has 0 atom stereocenters. The van der Waals surface area contributed by atoms with Gasteiger partial charge in [-0.05, 0) is 13.3 Å². The van der Waals surface area contributed by atoms with Gasteiger partial charge in [0.1, 0.15) is 16.8 Å². The summed E-state index contributed by atoms with van der Waals surface area (Å²) in [4.78, 5) is 34.8. The van der Waals surface area contributed by atoms with E-state index in [9.17, 15) is 9.59 Å². The number of rotatable bonds is 2. The van der Waals surface area contributed by atoms with Crippen molar-refractivity contribution < 1.29 is 9.59 Å². The van der Waals surface area contributed by atoms with Gasteiger partial charge in [-0.2, -0.15) is 0 Å². The molecule has 20 heavy (non-hydrogen) atoms. The van der Waals surface area contributed by atoms with Crippen molar-refractivity contribution in [3.63, 3.8) is 0 Å². The van der Waals surface area contributed by atoms with Crippen molar-refractivity contribution in [2.45, 2.75) is 20.3 Å². The van der Waals surface area contributed by atoms with Gasteiger partial charge < -0.3 is 9.80 Å². The molecule has 0 bridgehead atoms. The number of carbonyl (C=O) groups excluding carboxylic acids is 2. The van der Waals surface area contributed by atoms with Crippen LogP contribution in [0.25, 0.3) is 0 Å². The number of aryl methyl sites for hydroxylation is 1. The summed E-state index contributed by atoms with van der Waals surface area (Å²) in [5, 5.41) is 0.176. The van der Waals surface area contributed by atoms with Crippen LogP contribution in [0.3, 0.4) is 0 Å². The van der Waals surface area contributed by atoms with Gasteiger partial charge in [-0.1, -0.05) is 11.6 Å². The van der Waals surface area contributed by atoms with Crippen LogP contribution in [0.15, 0.2) is 0 Å². The van der Waals surface area contributed by atoms with Crippen LogP contribution in [-0.4, -0.2) is 53.2 Å². The fourth-order valence-corrected chi connectivity index (χ4v) is 2.57. The number of anilines is 1. The van der Waals surface area contributed by atoms with E-state index in [0.717, 1.165) is 19.5 Å². The SMILES string of the molecule is CC(=O)N1CCCN(c2nc(C)nc(Cl)c2C=O)CC1. The van der Waals surface area contributed by atoms with Crippen LogP contribution in [-0.2, 0) is 4.79 Å². The molecule has 1 aromatic rings. The van der Waals surface area contributed by atoms with Crippen molar-refractivity contribution in [3.8, 4) is 0 Å². The molecule has 1 saturated heterocycles. The summed E-state index contributed by atoms with van der Waals surface area (Å²) >= 11 is 6.00. The van der Waals surface area contributed by atoms with Crippen LogP contribution < -0.4 is 4.90 Å². The van der Waals surface area contributed by atoms with Crippen LogP contribution in [0, 0.1) is 6.92 Å². The molecule has 1 amide bonds. The molecule has 2 rings (SSSR count). The average Bonchev–Trinajstić information content (AvgIpc) is 2.63. The molecule has 0 aliphatic carbocycles. The number of amides is 1. The average molecular weight is 297 g/mol. The van der Waals surface area contributed by atoms with Crippen molar-refractivity contribution in [1.82, 2.24) is 14.9 Å². The van der Waals surface area contributed by atoms with Gasteiger partial charge in [0, 0.05) is 33.1 Å². The Morgan fingerprint density at radius 3 is 2.65 bits per heavy atom. The van der Waals surface area contributed by atoms with Gasteiger partial charge >= 0.3 is 0 Å². The Hall–Kier alpha value is -1.69. The summed E-state index contributed by atoms with van der Waals surface area (Å²) in [6.07, 6.45) is 1.52. The second kappa shape index (κ2) is 6.17. The van der Waals surface area contributed by atoms with Gasteiger partial charge in [0.2, 0.25) is 5.91 Å². The fourth-order valence-electron chi connectivity index (χ4n) is 2.32. The van der Waals surface area contributed by atoms with E-state index in [1.165, 1.54) is 0 Å². The van der Waals surface area contributed by atoms with E-state index in [1.54, 1.807) is 18.7 Å². The molecule has 2 heterocycles. The predicted molar refractivity (Wildman–Crippen MR) is 76.3 cm³/mol. The Bertz CT molecular complexity index is 535. The lowest BCUT2D eigenvalue weighted by atomic mass is 10.3. The van der Waals surface area contributed by atoms with Crippen molar-refractivity contribution >= 4 is 29.6 Å². The van der Waals surface area contributed by atoms with E-state index < -0.39 is 0 Å². The molecule has 0 N–H and O–H groups in total. The zero-order valence-electron chi connectivity index (χ0n) is 11.6. The summed E-state index contributed by atoms with van der Waals surface area (Å²) in [6.45, 7) is 6.01. The molecule has 6 nitrogen and oxygen atoms in total. The first-order valence-electron chi connectivity index (χ1n) is 6.52. The second-order valence-corrected chi connectivity index (χ2v) is 5.12. The summed E-state index contributed by atoms with van der Waals surface area (Å²) in [5.74, 6) is 1.16. The Labute approximate surface area is 122 Å². The molecule has 1 aliphatic rings. The molecular weight excluding hydrogens is 280 g/mol. The molecule has 0 radical (unpaired) electrons. The zero-order chi connectivity index (χ0) is 14.7. The molecule has 7 heteroatoms. The maximum atomic E-state index is 11.4. The Morgan fingerprint density at radius 2 is 2.00 bits per heavy atom. The maximum Gasteiger partial charge on any atom is 0.219 e. The Balaban J connectivity index is 2.27. The summed E-state index contributed by atoms with van der Waals surface area (Å²) in [7, 11) is 0. The van der Waals surface area contributed by atoms with Gasteiger partial charge in [-0.25, -0.2) is 9.97 Å². The molecule has 1 fully saturated rings. The molecule has 108 valence electrons. The predicted octanol–water partition coefficient (Wildman–Crippen LogP) is 1.31. The fraction of sp³-hybridized carbons (Fsp3) is 0.538. The maximum absolute atomic E-state index is 11.4. The van der Waals surface area contributed by atoms with Crippen molar-refractivity contribution in [2.24, 2.45) is 0 Å². The lowest BCUT2D eigenvalue weighted by Gasteiger charge is -2.23. The van der Waals surface area contributed by atoms with E-state index in [4.69, 9.17) is 11.6 Å². The minimum absolute atomic E-state index is 0.0689. The quantitative estimate of drug-likeness (QED) is 0.608. The number of hydrogen-bond acceptors (Lipinski definition) is 5. The van der Waals surface area contributed by atoms with Crippen LogP contribution in [0.5, 0.6) is 0 Å². The topological polar surface area (TPSA) is 66.4 Å². The summed E-state index contributed by atoms with van der Waals surface area (Å²) in [6, 6.07) is 0. The van der Waals surface area contributed by atoms with E-state index in [-0.39, 0.29) is 11.1 Å². The minimum Gasteiger partial charge on any atom is -0.354 e. The number of halogens is 1. The smallest absolute Gasteiger partial charge is 0.219 e. The first-order valence-corrected chi connectivity index (χ1v) is 6.90. The minimum atomic E-state index is 0.0689. The Morgan fingerprint density at radius 1 is 1.25 bits per heavy atom. The normalized spacial score (nSPS) is 15.9. The van der Waals surface area contributed by atoms with Crippen LogP contribution in [0.2, 0.25) is 5.15 Å². The molecule has 0 saturated carbocycles. The molecule has 0 aromatic carbocycles. The van der Waals surface area contributed by atoms with E-state index >= 15 is 0 Å². The van der Waals surface area contributed by atoms with Crippen LogP contribution >= 0.6 is 11.6 Å². The van der Waals surface area contributed by atoms with Crippen LogP contribution in [0.1, 0.15) is 29.5 Å². The van der Waals surface area contributed by atoms with Gasteiger partial charge in [0.15, 0.2) is 6.29 Å². The third kappa shape index (κ3) is 3.07. The van der Waals surface area contributed by atoms with Gasteiger partial charge in [0.25, 0.3) is 0 Å². The molecule has 0 unspecified atom stereocenters. The zero-order valence-corrected chi connectivity index (χ0v) is 12.4. The highest BCUT2D eigenvalue weighted by Gasteiger charge is 2.21. The van der Waals surface area contributed by atoms with Crippen LogP contribution in [0.4, 0.5) is 5.82 Å². The molecular formula is C13H17ClN4O2. The van der Waals surface area contributed by atoms with Crippen molar-refractivity contribution in [2.75, 3.05) is 31.1 Å². The first kappa shape index (κ1) is 14.7. The Kier molecular flexibility index (Phi) is 4.54. The van der Waals surface area contributed by atoms with Gasteiger partial charge in [-0.15, -0.1) is 0 Å². The number of carbonyl (C=O) groups is 2. The van der Waals surface area contributed by atoms with E-state index in [0.29, 0.717) is 36.6 Å². The first-order chi connectivity index (χ1) is 9.52. The summed E-state index contributed by atoms with van der Waals surface area (Å²) in [5.41, 5.74) is 0.313. The van der Waals surface area contributed by atoms with E-state index in [2.05, 4.69) is 9.97 Å². The lowest BCUT2D eigenvalue weighted by Crippen LogP contribution is -2.34. The standard InChI is InChI=1S/C13H17ClN4O2/c1-9-15-12(14)11(8-19)13(16-9)18-5-3-4-17(6-7-18)10(2)20/h8H,3-7H2,1-2H3. The highest BCUT2D eigenvalue weighted by molar-refractivity contribution is 6.32. The van der Waals surface area contributed by atoms with E-state index in [1.807, 2.05) is 4.90 Å². The molecule has 1 aromatic heterocycles. The van der Waals surface area contributed by atoms with Crippen molar-refractivity contribution in [3.05, 3.63) is 16.5 Å². The summed E-state index contributed by atoms with van der Waals surface area (Å²) < 4.78 is 0. The number of aldehydes is 1. The highest BCUT2D eigenvalue weighted by atomic mass is 35.5. The monoisotopic (exact) mass is 296 g/mol. The number of aromatic nitrogens is 2. The number of hydrogen-bond donors (Lipinski definition) is 0. The van der Waals surface area contributed by atoms with Gasteiger partial charge in [0.05, 0.1) is 5.56 Å². The largest absolute Gasteiger partial charge is 0.354 e. The lowest BCUT2D eigenvalue weighted by molar-refractivity contribution is -0.128. The van der Waals surface area contributed by atoms with Crippen molar-refractivity contribution in [1.29, 1.82) is 0 Å².